The van der Waals surface area contributed by atoms with E-state index in [9.17, 15) is 14.8 Å². The van der Waals surface area contributed by atoms with E-state index >= 15 is 0 Å². The van der Waals surface area contributed by atoms with Crippen LogP contribution >= 0.6 is 19.2 Å². The molecule has 0 amide bonds. The monoisotopic (exact) mass is 413 g/mol. The molecule has 27 heavy (non-hydrogen) atoms. The van der Waals surface area contributed by atoms with Gasteiger partial charge in [-0.15, -0.1) is 0 Å². The van der Waals surface area contributed by atoms with E-state index in [1.165, 1.54) is 18.2 Å². The fraction of sp³-hybridized carbons (Fsp3) is 0.368. The molecule has 148 valence electrons. The van der Waals surface area contributed by atoms with E-state index in [0.29, 0.717) is 10.7 Å². The predicted molar refractivity (Wildman–Crippen MR) is 108 cm³/mol. The molecule has 0 radical (unpaired) electrons. The number of hydrogen-bond acceptors (Lipinski definition) is 6. The van der Waals surface area contributed by atoms with E-state index in [1.807, 2.05) is 0 Å². The number of hydrogen-bond donors (Lipinski definition) is 3. The quantitative estimate of drug-likeness (QED) is 0.466. The third-order valence-corrected chi connectivity index (χ3v) is 6.17. The Morgan fingerprint density at radius 2 is 1.63 bits per heavy atom. The molecule has 1 atom stereocenters. The molecule has 8 heteroatoms. The van der Waals surface area contributed by atoms with Crippen molar-refractivity contribution in [3.8, 4) is 11.5 Å². The van der Waals surface area contributed by atoms with E-state index in [-0.39, 0.29) is 29.3 Å². The van der Waals surface area contributed by atoms with Crippen LogP contribution in [0.15, 0.2) is 42.5 Å². The van der Waals surface area contributed by atoms with Crippen LogP contribution in [0.5, 0.6) is 11.5 Å². The number of nitrogens with one attached hydrogen (secondary N) is 1. The molecular weight excluding hydrogens is 389 g/mol. The predicted octanol–water partition coefficient (Wildman–Crippen LogP) is 5.91. The van der Waals surface area contributed by atoms with Gasteiger partial charge in [-0.2, -0.15) is 0 Å². The fourth-order valence-corrected chi connectivity index (χ4v) is 5.09. The lowest BCUT2D eigenvalue weighted by atomic mass is 10.2. The van der Waals surface area contributed by atoms with Crippen LogP contribution in [0.2, 0.25) is 5.02 Å². The van der Waals surface area contributed by atoms with Gasteiger partial charge in [-0.1, -0.05) is 17.7 Å². The Morgan fingerprint density at radius 1 is 1.00 bits per heavy atom. The summed E-state index contributed by atoms with van der Waals surface area (Å²) in [4.78, 5) is 0. The fourth-order valence-electron chi connectivity index (χ4n) is 2.56. The number of anilines is 1. The van der Waals surface area contributed by atoms with Crippen molar-refractivity contribution in [1.82, 2.24) is 0 Å². The van der Waals surface area contributed by atoms with E-state index in [2.05, 4.69) is 5.32 Å². The zero-order chi connectivity index (χ0) is 20.2. The highest BCUT2D eigenvalue weighted by Gasteiger charge is 2.41. The van der Waals surface area contributed by atoms with Gasteiger partial charge in [-0.25, -0.2) is 0 Å². The summed E-state index contributed by atoms with van der Waals surface area (Å²) in [5, 5.41) is 23.6. The third kappa shape index (κ3) is 5.88. The van der Waals surface area contributed by atoms with Gasteiger partial charge in [0.2, 0.25) is 0 Å². The zero-order valence-corrected chi connectivity index (χ0v) is 17.4. The van der Waals surface area contributed by atoms with Crippen molar-refractivity contribution in [3.05, 3.63) is 53.1 Å². The van der Waals surface area contributed by atoms with Crippen LogP contribution in [0.1, 0.15) is 39.0 Å². The molecular formula is C19H25ClNO5P. The topological polar surface area (TPSA) is 88.0 Å². The molecule has 0 aromatic heterocycles. The average Bonchev–Trinajstić information content (AvgIpc) is 2.51. The molecule has 0 aliphatic heterocycles. The second-order valence-electron chi connectivity index (χ2n) is 6.65. The summed E-state index contributed by atoms with van der Waals surface area (Å²) in [7, 11) is -3.78. The van der Waals surface area contributed by atoms with Crippen molar-refractivity contribution in [1.29, 1.82) is 0 Å². The number of aromatic hydroxyl groups is 2. The number of benzene rings is 2. The smallest absolute Gasteiger partial charge is 0.357 e. The molecule has 2 aromatic carbocycles. The van der Waals surface area contributed by atoms with Crippen LogP contribution in [0.3, 0.4) is 0 Å². The molecule has 0 aliphatic carbocycles. The molecule has 2 aromatic rings. The van der Waals surface area contributed by atoms with Gasteiger partial charge < -0.3 is 24.6 Å². The molecule has 0 aliphatic rings. The maximum absolute atomic E-state index is 13.7. The van der Waals surface area contributed by atoms with E-state index in [1.54, 1.807) is 52.0 Å². The van der Waals surface area contributed by atoms with Crippen LogP contribution in [-0.4, -0.2) is 22.4 Å². The first-order valence-corrected chi connectivity index (χ1v) is 10.6. The highest BCUT2D eigenvalue weighted by molar-refractivity contribution is 7.54. The molecule has 6 nitrogen and oxygen atoms in total. The van der Waals surface area contributed by atoms with Crippen LogP contribution in [0.25, 0.3) is 0 Å². The van der Waals surface area contributed by atoms with Crippen molar-refractivity contribution < 1.29 is 23.8 Å². The number of rotatable bonds is 8. The first kappa shape index (κ1) is 21.6. The summed E-state index contributed by atoms with van der Waals surface area (Å²) in [6, 6.07) is 10.9. The van der Waals surface area contributed by atoms with Crippen LogP contribution < -0.4 is 5.32 Å². The summed E-state index contributed by atoms with van der Waals surface area (Å²) in [6.07, 6.45) is -0.755. The van der Waals surface area contributed by atoms with Gasteiger partial charge in [-0.05, 0) is 58.0 Å². The summed E-state index contributed by atoms with van der Waals surface area (Å²) in [6.45, 7) is 7.01. The van der Waals surface area contributed by atoms with Crippen LogP contribution in [0, 0.1) is 0 Å². The molecule has 0 bridgehead atoms. The maximum atomic E-state index is 13.7. The first-order chi connectivity index (χ1) is 12.6. The minimum Gasteiger partial charge on any atom is -0.508 e. The number of phenols is 2. The molecule has 0 fully saturated rings. The van der Waals surface area contributed by atoms with Gasteiger partial charge in [0.15, 0.2) is 5.78 Å². The lowest BCUT2D eigenvalue weighted by Crippen LogP contribution is -2.19. The Morgan fingerprint density at radius 3 is 2.15 bits per heavy atom. The molecule has 0 saturated heterocycles. The minimum absolute atomic E-state index is 0.109. The summed E-state index contributed by atoms with van der Waals surface area (Å²) in [5.41, 5.74) is 0.859. The summed E-state index contributed by atoms with van der Waals surface area (Å²) < 4.78 is 25.2. The number of halogens is 1. The Balaban J connectivity index is 2.57. The Kier molecular flexibility index (Phi) is 7.18. The maximum Gasteiger partial charge on any atom is 0.357 e. The van der Waals surface area contributed by atoms with Crippen molar-refractivity contribution in [2.45, 2.75) is 45.7 Å². The van der Waals surface area contributed by atoms with Gasteiger partial charge in [-0.3, -0.25) is 4.57 Å². The Hall–Kier alpha value is -1.72. The first-order valence-electron chi connectivity index (χ1n) is 8.61. The highest BCUT2D eigenvalue weighted by Crippen LogP contribution is 2.63. The van der Waals surface area contributed by atoms with Gasteiger partial charge in [0.05, 0.1) is 12.2 Å². The molecule has 0 heterocycles. The Bertz CT molecular complexity index is 813. The largest absolute Gasteiger partial charge is 0.508 e. The van der Waals surface area contributed by atoms with Crippen molar-refractivity contribution in [2.75, 3.05) is 5.32 Å². The Labute approximate surface area is 164 Å². The van der Waals surface area contributed by atoms with E-state index in [0.717, 1.165) is 0 Å². The van der Waals surface area contributed by atoms with Gasteiger partial charge in [0.25, 0.3) is 0 Å². The highest BCUT2D eigenvalue weighted by atomic mass is 35.5. The van der Waals surface area contributed by atoms with Crippen molar-refractivity contribution >= 4 is 24.9 Å². The van der Waals surface area contributed by atoms with Crippen LogP contribution in [-0.2, 0) is 13.6 Å². The van der Waals surface area contributed by atoms with Gasteiger partial charge >= 0.3 is 7.60 Å². The van der Waals surface area contributed by atoms with Crippen LogP contribution in [0.4, 0.5) is 5.69 Å². The SMILES string of the molecule is CC(C)OP(=O)(OC(C)C)C(Nc1cccc(Cl)c1)c1ccc(O)cc1O. The number of phenolic OH excluding ortho intramolecular Hbond substituents is 2. The normalized spacial score (nSPS) is 13.1. The second kappa shape index (κ2) is 8.98. The molecule has 1 unspecified atom stereocenters. The summed E-state index contributed by atoms with van der Waals surface area (Å²) >= 11 is 6.06. The second-order valence-corrected chi connectivity index (χ2v) is 9.10. The minimum atomic E-state index is -3.78. The molecule has 2 rings (SSSR count). The summed E-state index contributed by atoms with van der Waals surface area (Å²) in [5.74, 6) is -1.35. The molecule has 3 N–H and O–H groups in total. The zero-order valence-electron chi connectivity index (χ0n) is 15.7. The van der Waals surface area contributed by atoms with Crippen molar-refractivity contribution in [3.63, 3.8) is 0 Å². The van der Waals surface area contributed by atoms with E-state index < -0.39 is 13.4 Å². The average molecular weight is 414 g/mol. The molecule has 0 saturated carbocycles. The standard InChI is InChI=1S/C19H25ClNO5P/c1-12(2)25-27(24,26-13(3)4)19(17-9-8-16(22)11-18(17)23)21-15-7-5-6-14(20)10-15/h5-13,19,21-23H,1-4H3. The lowest BCUT2D eigenvalue weighted by Gasteiger charge is -2.31. The third-order valence-electron chi connectivity index (χ3n) is 3.47. The van der Waals surface area contributed by atoms with Gasteiger partial charge in [0.1, 0.15) is 11.5 Å². The lowest BCUT2D eigenvalue weighted by molar-refractivity contribution is 0.137. The van der Waals surface area contributed by atoms with E-state index in [4.69, 9.17) is 20.6 Å². The molecule has 0 spiro atoms. The van der Waals surface area contributed by atoms with Crippen molar-refractivity contribution in [2.24, 2.45) is 0 Å². The van der Waals surface area contributed by atoms with Gasteiger partial charge in [0, 0.05) is 22.3 Å².